The zero-order chi connectivity index (χ0) is 11.6. The number of rotatable bonds is 3. The first-order chi connectivity index (χ1) is 6.89. The van der Waals surface area contributed by atoms with E-state index in [0.717, 1.165) is 19.2 Å². The first-order valence-electron chi connectivity index (χ1n) is 3.97. The number of hydrogen-bond donors (Lipinski definition) is 1. The zero-order valence-corrected chi connectivity index (χ0v) is 9.08. The molecule has 0 spiro atoms. The molecule has 1 aromatic rings. The lowest BCUT2D eigenvalue weighted by molar-refractivity contribution is -0.0260. The van der Waals surface area contributed by atoms with Crippen molar-refractivity contribution in [3.05, 3.63) is 24.0 Å². The lowest BCUT2D eigenvalue weighted by atomic mass is 10.3. The maximum atomic E-state index is 13.2. The quantitative estimate of drug-likeness (QED) is 0.613. The first-order valence-corrected chi connectivity index (χ1v) is 5.41. The van der Waals surface area contributed by atoms with Crippen molar-refractivity contribution in [3.63, 3.8) is 0 Å². The minimum Gasteiger partial charge on any atom is -0.399 e. The largest absolute Gasteiger partial charge is 0.399 e. The van der Waals surface area contributed by atoms with Crippen LogP contribution in [0.4, 0.5) is 10.1 Å². The first kappa shape index (κ1) is 11.9. The predicted octanol–water partition coefficient (Wildman–Crippen LogP) is 0.590. The van der Waals surface area contributed by atoms with E-state index in [0.29, 0.717) is 4.47 Å². The maximum Gasteiger partial charge on any atom is 0.267 e. The van der Waals surface area contributed by atoms with E-state index in [-0.39, 0.29) is 5.69 Å². The number of hydroxylamine groups is 1. The number of nitrogen functional groups attached to an aromatic ring is 1. The molecular weight excluding hydrogens is 223 g/mol. The summed E-state index contributed by atoms with van der Waals surface area (Å²) in [6.07, 6.45) is 0. The number of nitrogens with two attached hydrogens (primary N) is 1. The third-order valence-electron chi connectivity index (χ3n) is 1.83. The Morgan fingerprint density at radius 1 is 1.47 bits per heavy atom. The van der Waals surface area contributed by atoms with Crippen LogP contribution in [0, 0.1) is 5.82 Å². The highest BCUT2D eigenvalue weighted by Gasteiger charge is 2.24. The molecule has 1 rings (SSSR count). The SMILES string of the molecule is CON(C)S(=O)(=O)c1cc(N)ccc1F. The molecule has 0 radical (unpaired) electrons. The normalized spacial score (nSPS) is 12.0. The van der Waals surface area contributed by atoms with Crippen LogP contribution in [-0.2, 0) is 14.9 Å². The summed E-state index contributed by atoms with van der Waals surface area (Å²) in [4.78, 5) is 3.99. The molecule has 0 aliphatic carbocycles. The zero-order valence-electron chi connectivity index (χ0n) is 8.27. The van der Waals surface area contributed by atoms with Gasteiger partial charge in [-0.3, -0.25) is 4.84 Å². The van der Waals surface area contributed by atoms with Crippen LogP contribution < -0.4 is 5.73 Å². The molecule has 84 valence electrons. The molecule has 1 aromatic carbocycles. The van der Waals surface area contributed by atoms with Gasteiger partial charge in [0, 0.05) is 12.7 Å². The Morgan fingerprint density at radius 3 is 2.60 bits per heavy atom. The number of nitrogens with zero attached hydrogens (tertiary/aromatic N) is 1. The Hall–Kier alpha value is -1.18. The topological polar surface area (TPSA) is 72.6 Å². The molecule has 7 heteroatoms. The molecule has 0 heterocycles. The van der Waals surface area contributed by atoms with E-state index in [1.165, 1.54) is 13.2 Å². The van der Waals surface area contributed by atoms with Crippen molar-refractivity contribution in [2.75, 3.05) is 19.9 Å². The summed E-state index contributed by atoms with van der Waals surface area (Å²) in [5.41, 5.74) is 5.54. The lowest BCUT2D eigenvalue weighted by Crippen LogP contribution is -2.26. The maximum absolute atomic E-state index is 13.2. The molecule has 15 heavy (non-hydrogen) atoms. The molecule has 0 amide bonds. The van der Waals surface area contributed by atoms with Crippen molar-refractivity contribution >= 4 is 15.7 Å². The molecular formula is C8H11FN2O3S. The molecule has 0 bridgehead atoms. The molecule has 0 fully saturated rings. The van der Waals surface area contributed by atoms with Crippen LogP contribution >= 0.6 is 0 Å². The lowest BCUT2D eigenvalue weighted by Gasteiger charge is -2.14. The predicted molar refractivity (Wildman–Crippen MR) is 52.8 cm³/mol. The van der Waals surface area contributed by atoms with Gasteiger partial charge in [0.15, 0.2) is 0 Å². The van der Waals surface area contributed by atoms with E-state index in [1.54, 1.807) is 0 Å². The third-order valence-corrected chi connectivity index (χ3v) is 3.52. The van der Waals surface area contributed by atoms with Crippen LogP contribution in [0.3, 0.4) is 0 Å². The Balaban J connectivity index is 3.33. The van der Waals surface area contributed by atoms with Gasteiger partial charge in [0.2, 0.25) is 0 Å². The fourth-order valence-electron chi connectivity index (χ4n) is 0.954. The minimum atomic E-state index is -3.99. The summed E-state index contributed by atoms with van der Waals surface area (Å²) >= 11 is 0. The van der Waals surface area contributed by atoms with Gasteiger partial charge < -0.3 is 5.73 Å². The molecule has 0 aliphatic rings. The Bertz CT molecular complexity index is 461. The van der Waals surface area contributed by atoms with Crippen molar-refractivity contribution in [2.24, 2.45) is 0 Å². The highest BCUT2D eigenvalue weighted by atomic mass is 32.2. The third kappa shape index (κ3) is 2.25. The van der Waals surface area contributed by atoms with E-state index in [4.69, 9.17) is 5.73 Å². The fourth-order valence-corrected chi connectivity index (χ4v) is 2.03. The summed E-state index contributed by atoms with van der Waals surface area (Å²) in [6.45, 7) is 0. The molecule has 0 saturated carbocycles. The molecule has 5 nitrogen and oxygen atoms in total. The highest BCUT2D eigenvalue weighted by Crippen LogP contribution is 2.20. The highest BCUT2D eigenvalue weighted by molar-refractivity contribution is 7.89. The van der Waals surface area contributed by atoms with Gasteiger partial charge in [-0.05, 0) is 18.2 Å². The van der Waals surface area contributed by atoms with Crippen molar-refractivity contribution < 1.29 is 17.6 Å². The van der Waals surface area contributed by atoms with Crippen molar-refractivity contribution in [1.82, 2.24) is 4.47 Å². The standard InChI is InChI=1S/C8H11FN2O3S/c1-11(14-2)15(12,13)8-5-6(10)3-4-7(8)9/h3-5H,10H2,1-2H3. The number of halogens is 1. The van der Waals surface area contributed by atoms with E-state index in [1.807, 2.05) is 0 Å². The molecule has 0 atom stereocenters. The number of hydrogen-bond acceptors (Lipinski definition) is 4. The van der Waals surface area contributed by atoms with E-state index >= 15 is 0 Å². The van der Waals surface area contributed by atoms with E-state index in [2.05, 4.69) is 4.84 Å². The number of benzene rings is 1. The summed E-state index contributed by atoms with van der Waals surface area (Å²) in [6, 6.07) is 3.31. The van der Waals surface area contributed by atoms with Crippen LogP contribution in [0.25, 0.3) is 0 Å². The minimum absolute atomic E-state index is 0.166. The summed E-state index contributed by atoms with van der Waals surface area (Å²) < 4.78 is 37.1. The Morgan fingerprint density at radius 2 is 2.07 bits per heavy atom. The van der Waals surface area contributed by atoms with Crippen molar-refractivity contribution in [3.8, 4) is 0 Å². The van der Waals surface area contributed by atoms with Gasteiger partial charge in [0.1, 0.15) is 10.7 Å². The molecule has 0 unspecified atom stereocenters. The Labute approximate surface area is 87.3 Å². The molecule has 0 aliphatic heterocycles. The fraction of sp³-hybridized carbons (Fsp3) is 0.250. The number of anilines is 1. The second-order valence-corrected chi connectivity index (χ2v) is 4.69. The van der Waals surface area contributed by atoms with Crippen LogP contribution in [-0.4, -0.2) is 27.0 Å². The monoisotopic (exact) mass is 234 g/mol. The summed E-state index contributed by atoms with van der Waals surface area (Å²) in [5.74, 6) is -0.867. The van der Waals surface area contributed by atoms with Gasteiger partial charge in [-0.15, -0.1) is 0 Å². The average molecular weight is 234 g/mol. The van der Waals surface area contributed by atoms with Crippen LogP contribution in [0.15, 0.2) is 23.1 Å². The van der Waals surface area contributed by atoms with E-state index in [9.17, 15) is 12.8 Å². The summed E-state index contributed by atoms with van der Waals surface area (Å²) in [5, 5.41) is 0. The second kappa shape index (κ2) is 4.13. The van der Waals surface area contributed by atoms with Gasteiger partial charge >= 0.3 is 0 Å². The van der Waals surface area contributed by atoms with Crippen LogP contribution in [0.1, 0.15) is 0 Å². The average Bonchev–Trinajstić information content (AvgIpc) is 2.20. The van der Waals surface area contributed by atoms with Crippen LogP contribution in [0.2, 0.25) is 0 Å². The van der Waals surface area contributed by atoms with Gasteiger partial charge in [0.05, 0.1) is 7.11 Å². The molecule has 2 N–H and O–H groups in total. The molecule has 0 saturated heterocycles. The van der Waals surface area contributed by atoms with Crippen molar-refractivity contribution in [2.45, 2.75) is 4.90 Å². The van der Waals surface area contributed by atoms with E-state index < -0.39 is 20.7 Å². The second-order valence-electron chi connectivity index (χ2n) is 2.79. The number of sulfonamides is 1. The van der Waals surface area contributed by atoms with Gasteiger partial charge in [-0.1, -0.05) is 4.47 Å². The van der Waals surface area contributed by atoms with Crippen LogP contribution in [0.5, 0.6) is 0 Å². The van der Waals surface area contributed by atoms with Crippen molar-refractivity contribution in [1.29, 1.82) is 0 Å². The summed E-state index contributed by atoms with van der Waals surface area (Å²) in [7, 11) is -1.65. The van der Waals surface area contributed by atoms with Gasteiger partial charge in [-0.2, -0.15) is 0 Å². The van der Waals surface area contributed by atoms with Gasteiger partial charge in [0.25, 0.3) is 10.0 Å². The Kier molecular flexibility index (Phi) is 3.28. The smallest absolute Gasteiger partial charge is 0.267 e. The molecule has 0 aromatic heterocycles. The van der Waals surface area contributed by atoms with Gasteiger partial charge in [-0.25, -0.2) is 12.8 Å².